The van der Waals surface area contributed by atoms with Gasteiger partial charge in [-0.2, -0.15) is 0 Å². The van der Waals surface area contributed by atoms with Crippen LogP contribution in [0.5, 0.6) is 0 Å². The van der Waals surface area contributed by atoms with Crippen LogP contribution in [0, 0.1) is 6.92 Å². The van der Waals surface area contributed by atoms with Crippen LogP contribution in [0.2, 0.25) is 0 Å². The van der Waals surface area contributed by atoms with E-state index in [0.717, 1.165) is 16.7 Å². The molecule has 116 valence electrons. The number of nitrogens with one attached hydrogen (secondary N) is 1. The maximum absolute atomic E-state index is 12.0. The van der Waals surface area contributed by atoms with Gasteiger partial charge in [-0.1, -0.05) is 65.3 Å². The van der Waals surface area contributed by atoms with Crippen LogP contribution in [0.1, 0.15) is 22.6 Å². The third kappa shape index (κ3) is 4.26. The summed E-state index contributed by atoms with van der Waals surface area (Å²) < 4.78 is 5.46. The Bertz CT molecular complexity index is 780. The number of nitrogens with zero attached hydrogens (tertiary/aromatic N) is 2. The maximum atomic E-state index is 12.0. The van der Waals surface area contributed by atoms with E-state index in [4.69, 9.17) is 4.42 Å². The second kappa shape index (κ2) is 6.87. The van der Waals surface area contributed by atoms with Crippen LogP contribution >= 0.6 is 0 Å². The summed E-state index contributed by atoms with van der Waals surface area (Å²) in [6.45, 7) is 2.01. The number of aryl methyl sites for hydroxylation is 1. The second-order valence-corrected chi connectivity index (χ2v) is 5.37. The van der Waals surface area contributed by atoms with Crippen LogP contribution in [0.15, 0.2) is 59.0 Å². The van der Waals surface area contributed by atoms with Crippen molar-refractivity contribution in [1.82, 2.24) is 10.2 Å². The van der Waals surface area contributed by atoms with Crippen molar-refractivity contribution in [2.24, 2.45) is 0 Å². The monoisotopic (exact) mass is 307 g/mol. The van der Waals surface area contributed by atoms with E-state index in [1.165, 1.54) is 0 Å². The fourth-order valence-electron chi connectivity index (χ4n) is 2.20. The Kier molecular flexibility index (Phi) is 4.47. The molecule has 3 aromatic rings. The Morgan fingerprint density at radius 1 is 1.00 bits per heavy atom. The van der Waals surface area contributed by atoms with E-state index < -0.39 is 0 Å². The molecule has 0 radical (unpaired) electrons. The molecule has 5 heteroatoms. The molecule has 0 aliphatic heterocycles. The van der Waals surface area contributed by atoms with Crippen LogP contribution in [0.4, 0.5) is 6.01 Å². The predicted octanol–water partition coefficient (Wildman–Crippen LogP) is 3.15. The number of rotatable bonds is 5. The highest BCUT2D eigenvalue weighted by molar-refractivity contribution is 5.90. The molecule has 5 nitrogen and oxygen atoms in total. The topological polar surface area (TPSA) is 68.0 Å². The summed E-state index contributed by atoms with van der Waals surface area (Å²) in [4.78, 5) is 12.0. The van der Waals surface area contributed by atoms with Crippen molar-refractivity contribution in [3.8, 4) is 0 Å². The summed E-state index contributed by atoms with van der Waals surface area (Å²) in [7, 11) is 0. The van der Waals surface area contributed by atoms with Crippen LogP contribution in [0.3, 0.4) is 0 Å². The highest BCUT2D eigenvalue weighted by atomic mass is 16.4. The molecule has 0 saturated heterocycles. The first-order valence-electron chi connectivity index (χ1n) is 7.41. The molecule has 1 aromatic heterocycles. The van der Waals surface area contributed by atoms with E-state index in [2.05, 4.69) is 15.5 Å². The van der Waals surface area contributed by atoms with Gasteiger partial charge in [-0.15, -0.1) is 5.10 Å². The fourth-order valence-corrected chi connectivity index (χ4v) is 2.20. The van der Waals surface area contributed by atoms with E-state index >= 15 is 0 Å². The van der Waals surface area contributed by atoms with Gasteiger partial charge in [0.2, 0.25) is 11.8 Å². The smallest absolute Gasteiger partial charge is 0.322 e. The minimum atomic E-state index is -0.177. The summed E-state index contributed by atoms with van der Waals surface area (Å²) >= 11 is 0. The Morgan fingerprint density at radius 3 is 2.48 bits per heavy atom. The largest absolute Gasteiger partial charge is 0.407 e. The third-order valence-corrected chi connectivity index (χ3v) is 3.40. The zero-order valence-corrected chi connectivity index (χ0v) is 12.8. The molecule has 0 spiro atoms. The maximum Gasteiger partial charge on any atom is 0.322 e. The number of aromatic nitrogens is 2. The average molecular weight is 307 g/mol. The molecular weight excluding hydrogens is 290 g/mol. The van der Waals surface area contributed by atoms with Crippen LogP contribution in [-0.4, -0.2) is 16.1 Å². The second-order valence-electron chi connectivity index (χ2n) is 5.37. The highest BCUT2D eigenvalue weighted by Crippen LogP contribution is 2.12. The molecule has 0 atom stereocenters. The molecule has 0 aliphatic rings. The van der Waals surface area contributed by atoms with Gasteiger partial charge in [-0.25, -0.2) is 0 Å². The summed E-state index contributed by atoms with van der Waals surface area (Å²) in [5, 5.41) is 10.4. The van der Waals surface area contributed by atoms with Crippen molar-refractivity contribution in [2.45, 2.75) is 19.8 Å². The predicted molar refractivity (Wildman–Crippen MR) is 87.1 cm³/mol. The lowest BCUT2D eigenvalue weighted by molar-refractivity contribution is -0.115. The average Bonchev–Trinajstić information content (AvgIpc) is 2.97. The van der Waals surface area contributed by atoms with Crippen molar-refractivity contribution in [1.29, 1.82) is 0 Å². The minimum Gasteiger partial charge on any atom is -0.407 e. The van der Waals surface area contributed by atoms with Gasteiger partial charge in [-0.3, -0.25) is 10.1 Å². The molecule has 2 aromatic carbocycles. The third-order valence-electron chi connectivity index (χ3n) is 3.40. The van der Waals surface area contributed by atoms with Crippen molar-refractivity contribution in [3.05, 3.63) is 77.2 Å². The summed E-state index contributed by atoms with van der Waals surface area (Å²) in [6.07, 6.45) is 0.818. The van der Waals surface area contributed by atoms with Crippen molar-refractivity contribution in [3.63, 3.8) is 0 Å². The number of amides is 1. The summed E-state index contributed by atoms with van der Waals surface area (Å²) in [5.41, 5.74) is 3.18. The van der Waals surface area contributed by atoms with Crippen LogP contribution in [0.25, 0.3) is 0 Å². The number of carbonyl (C=O) groups is 1. The van der Waals surface area contributed by atoms with Crippen LogP contribution in [-0.2, 0) is 17.6 Å². The molecule has 1 amide bonds. The molecule has 1 heterocycles. The SMILES string of the molecule is Cc1ccc(CC(=O)Nc2nnc(Cc3ccccc3)o2)cc1. The Hall–Kier alpha value is -2.95. The highest BCUT2D eigenvalue weighted by Gasteiger charge is 2.10. The number of hydrogen-bond acceptors (Lipinski definition) is 4. The fraction of sp³-hybridized carbons (Fsp3) is 0.167. The zero-order chi connectivity index (χ0) is 16.1. The van der Waals surface area contributed by atoms with Gasteiger partial charge in [0.15, 0.2) is 0 Å². The zero-order valence-electron chi connectivity index (χ0n) is 12.8. The lowest BCUT2D eigenvalue weighted by Gasteiger charge is -2.01. The van der Waals surface area contributed by atoms with E-state index in [0.29, 0.717) is 12.3 Å². The first kappa shape index (κ1) is 15.0. The lowest BCUT2D eigenvalue weighted by atomic mass is 10.1. The quantitative estimate of drug-likeness (QED) is 0.786. The first-order valence-corrected chi connectivity index (χ1v) is 7.41. The number of carbonyl (C=O) groups excluding carboxylic acids is 1. The van der Waals surface area contributed by atoms with Gasteiger partial charge in [0.1, 0.15) is 0 Å². The Balaban J connectivity index is 1.58. The van der Waals surface area contributed by atoms with Gasteiger partial charge < -0.3 is 4.42 Å². The molecule has 1 N–H and O–H groups in total. The molecule has 0 unspecified atom stereocenters. The van der Waals surface area contributed by atoms with Gasteiger partial charge in [0.05, 0.1) is 12.8 Å². The van der Waals surface area contributed by atoms with Gasteiger partial charge in [0.25, 0.3) is 0 Å². The van der Waals surface area contributed by atoms with Gasteiger partial charge >= 0.3 is 6.01 Å². The number of benzene rings is 2. The van der Waals surface area contributed by atoms with Crippen molar-refractivity contribution in [2.75, 3.05) is 5.32 Å². The standard InChI is InChI=1S/C18H17N3O2/c1-13-7-9-15(10-8-13)11-16(22)19-18-21-20-17(23-18)12-14-5-3-2-4-6-14/h2-10H,11-12H2,1H3,(H,19,21,22). The Morgan fingerprint density at radius 2 is 1.74 bits per heavy atom. The summed E-state index contributed by atoms with van der Waals surface area (Å²) in [5.74, 6) is 0.297. The molecule has 0 saturated carbocycles. The molecule has 0 bridgehead atoms. The minimum absolute atomic E-state index is 0.132. The number of anilines is 1. The van der Waals surface area contributed by atoms with Crippen molar-refractivity contribution < 1.29 is 9.21 Å². The van der Waals surface area contributed by atoms with Crippen molar-refractivity contribution >= 4 is 11.9 Å². The molecule has 0 aliphatic carbocycles. The molecule has 0 fully saturated rings. The van der Waals surface area contributed by atoms with Gasteiger partial charge in [-0.05, 0) is 18.1 Å². The molecule has 23 heavy (non-hydrogen) atoms. The number of hydrogen-bond donors (Lipinski definition) is 1. The molecular formula is C18H17N3O2. The summed E-state index contributed by atoms with van der Waals surface area (Å²) in [6, 6.07) is 17.8. The lowest BCUT2D eigenvalue weighted by Crippen LogP contribution is -2.14. The first-order chi connectivity index (χ1) is 11.2. The van der Waals surface area contributed by atoms with E-state index in [1.807, 2.05) is 61.5 Å². The Labute approximate surface area is 134 Å². The van der Waals surface area contributed by atoms with Gasteiger partial charge in [0, 0.05) is 0 Å². The van der Waals surface area contributed by atoms with E-state index in [1.54, 1.807) is 0 Å². The van der Waals surface area contributed by atoms with E-state index in [9.17, 15) is 4.79 Å². The van der Waals surface area contributed by atoms with Crippen LogP contribution < -0.4 is 5.32 Å². The van der Waals surface area contributed by atoms with E-state index in [-0.39, 0.29) is 18.3 Å². The normalized spacial score (nSPS) is 10.5. The molecule has 3 rings (SSSR count).